The third-order valence-electron chi connectivity index (χ3n) is 4.94. The quantitative estimate of drug-likeness (QED) is 0.192. The number of amides is 2. The molecule has 0 bridgehead atoms. The Morgan fingerprint density at radius 1 is 1.05 bits per heavy atom. The summed E-state index contributed by atoms with van der Waals surface area (Å²) in [5.41, 5.74) is 1.89. The fourth-order valence-corrected chi connectivity index (χ4v) is 5.05. The number of thioether (sulfide) groups is 1. The summed E-state index contributed by atoms with van der Waals surface area (Å²) in [6, 6.07) is 15.8. The van der Waals surface area contributed by atoms with Gasteiger partial charge in [-0.15, -0.1) is 21.5 Å². The number of para-hydroxylation sites is 1. The summed E-state index contributed by atoms with van der Waals surface area (Å²) in [5.74, 6) is -1.19. The van der Waals surface area contributed by atoms with E-state index < -0.39 is 17.8 Å². The number of thiophene rings is 1. The third-order valence-corrected chi connectivity index (χ3v) is 7.20. The van der Waals surface area contributed by atoms with Crippen LogP contribution in [0, 0.1) is 6.92 Å². The maximum absolute atomic E-state index is 13.1. The second-order valence-corrected chi connectivity index (χ2v) is 9.90. The lowest BCUT2D eigenvalue weighted by molar-refractivity contribution is -0.113. The van der Waals surface area contributed by atoms with Crippen molar-refractivity contribution in [3.05, 3.63) is 75.6 Å². The summed E-state index contributed by atoms with van der Waals surface area (Å²) in [6.45, 7) is 3.52. The van der Waals surface area contributed by atoms with E-state index in [0.29, 0.717) is 27.7 Å². The van der Waals surface area contributed by atoms with E-state index in [-0.39, 0.29) is 33.0 Å². The fraction of sp³-hybridized carbons (Fsp3) is 0.160. The van der Waals surface area contributed by atoms with Crippen LogP contribution < -0.4 is 10.6 Å². The molecule has 0 fully saturated rings. The van der Waals surface area contributed by atoms with E-state index in [9.17, 15) is 14.4 Å². The molecule has 2 N–H and O–H groups in total. The summed E-state index contributed by atoms with van der Waals surface area (Å²) >= 11 is 7.94. The summed E-state index contributed by atoms with van der Waals surface area (Å²) in [6.07, 6.45) is 0. The molecule has 0 unspecified atom stereocenters. The van der Waals surface area contributed by atoms with Crippen molar-refractivity contribution in [2.24, 2.45) is 0 Å². The Bertz CT molecular complexity index is 1420. The molecule has 190 valence electrons. The first-order chi connectivity index (χ1) is 17.9. The van der Waals surface area contributed by atoms with E-state index in [1.807, 2.05) is 6.07 Å². The molecule has 2 heterocycles. The average Bonchev–Trinajstić information content (AvgIpc) is 3.48. The zero-order valence-corrected chi connectivity index (χ0v) is 22.1. The van der Waals surface area contributed by atoms with E-state index in [1.54, 1.807) is 62.4 Å². The van der Waals surface area contributed by atoms with E-state index in [1.165, 1.54) is 0 Å². The average molecular weight is 557 g/mol. The molecule has 4 rings (SSSR count). The van der Waals surface area contributed by atoms with Gasteiger partial charge in [0.05, 0.1) is 17.9 Å². The van der Waals surface area contributed by atoms with Crippen LogP contribution in [0.15, 0.2) is 64.2 Å². The lowest BCUT2D eigenvalue weighted by Gasteiger charge is -2.08. The molecule has 37 heavy (non-hydrogen) atoms. The molecular formula is C25H21ClN4O5S2. The number of halogens is 1. The Kier molecular flexibility index (Phi) is 8.59. The van der Waals surface area contributed by atoms with Gasteiger partial charge < -0.3 is 19.8 Å². The van der Waals surface area contributed by atoms with Gasteiger partial charge in [-0.05, 0) is 55.8 Å². The molecule has 2 aromatic carbocycles. The molecule has 0 saturated carbocycles. The summed E-state index contributed by atoms with van der Waals surface area (Å²) in [5, 5.41) is 14.5. The number of nitrogens with one attached hydrogen (secondary N) is 2. The van der Waals surface area contributed by atoms with Gasteiger partial charge in [0.1, 0.15) is 9.88 Å². The predicted octanol–water partition coefficient (Wildman–Crippen LogP) is 5.92. The summed E-state index contributed by atoms with van der Waals surface area (Å²) in [7, 11) is 0. The van der Waals surface area contributed by atoms with Crippen LogP contribution in [-0.2, 0) is 9.53 Å². The number of benzene rings is 2. The van der Waals surface area contributed by atoms with Crippen molar-refractivity contribution in [1.29, 1.82) is 0 Å². The number of carbonyl (C=O) groups is 3. The number of anilines is 2. The van der Waals surface area contributed by atoms with Crippen LogP contribution in [0.1, 0.15) is 32.5 Å². The topological polar surface area (TPSA) is 123 Å². The highest BCUT2D eigenvalue weighted by Gasteiger charge is 2.27. The standard InChI is InChI=1S/C25H21ClN4O5S2/c1-3-34-24(33)20-14(2)19(21(32)27-17-7-5-4-6-8-17)23(37-20)28-18(31)13-36-25-30-29-22(35-25)15-9-11-16(26)12-10-15/h4-12H,3,13H2,1-2H3,(H,27,32)(H,28,31). The van der Waals surface area contributed by atoms with Crippen LogP contribution in [0.25, 0.3) is 11.5 Å². The first-order valence-electron chi connectivity index (χ1n) is 11.0. The van der Waals surface area contributed by atoms with E-state index in [4.69, 9.17) is 20.8 Å². The molecule has 0 aliphatic carbocycles. The second-order valence-electron chi connectivity index (χ2n) is 7.52. The minimum absolute atomic E-state index is 0.0618. The highest BCUT2D eigenvalue weighted by atomic mass is 35.5. The van der Waals surface area contributed by atoms with Gasteiger partial charge in [0, 0.05) is 16.3 Å². The van der Waals surface area contributed by atoms with Gasteiger partial charge in [0.25, 0.3) is 11.1 Å². The fourth-order valence-electron chi connectivity index (χ4n) is 3.25. The number of carbonyl (C=O) groups excluding carboxylic acids is 3. The first kappa shape index (κ1) is 26.4. The maximum atomic E-state index is 13.1. The van der Waals surface area contributed by atoms with Crippen LogP contribution >= 0.6 is 34.7 Å². The van der Waals surface area contributed by atoms with Crippen molar-refractivity contribution < 1.29 is 23.5 Å². The van der Waals surface area contributed by atoms with Gasteiger partial charge in [0.15, 0.2) is 0 Å². The monoisotopic (exact) mass is 556 g/mol. The minimum Gasteiger partial charge on any atom is -0.462 e. The highest BCUT2D eigenvalue weighted by Crippen LogP contribution is 2.35. The number of aromatic nitrogens is 2. The van der Waals surface area contributed by atoms with Gasteiger partial charge in [-0.3, -0.25) is 9.59 Å². The summed E-state index contributed by atoms with van der Waals surface area (Å²) < 4.78 is 10.7. The molecule has 12 heteroatoms. The van der Waals surface area contributed by atoms with E-state index in [2.05, 4.69) is 20.8 Å². The van der Waals surface area contributed by atoms with Gasteiger partial charge in [-0.25, -0.2) is 4.79 Å². The Labute approximate surface area is 225 Å². The maximum Gasteiger partial charge on any atom is 0.348 e. The van der Waals surface area contributed by atoms with E-state index >= 15 is 0 Å². The lowest BCUT2D eigenvalue weighted by atomic mass is 10.1. The predicted molar refractivity (Wildman–Crippen MR) is 144 cm³/mol. The van der Waals surface area contributed by atoms with Gasteiger partial charge in [-0.2, -0.15) is 0 Å². The third kappa shape index (κ3) is 6.56. The van der Waals surface area contributed by atoms with Gasteiger partial charge in [0.2, 0.25) is 11.8 Å². The molecule has 0 spiro atoms. The molecular weight excluding hydrogens is 536 g/mol. The van der Waals surface area contributed by atoms with Crippen molar-refractivity contribution in [2.75, 3.05) is 23.0 Å². The normalized spacial score (nSPS) is 10.7. The Hall–Kier alpha value is -3.67. The Morgan fingerprint density at radius 2 is 1.78 bits per heavy atom. The van der Waals surface area contributed by atoms with E-state index in [0.717, 1.165) is 23.1 Å². The SMILES string of the molecule is CCOC(=O)c1sc(NC(=O)CSc2nnc(-c3ccc(Cl)cc3)o2)c(C(=O)Nc2ccccc2)c1C. The molecule has 0 aliphatic rings. The lowest BCUT2D eigenvalue weighted by Crippen LogP contribution is -2.18. The number of ether oxygens (including phenoxy) is 1. The number of esters is 1. The molecule has 2 amide bonds. The number of rotatable bonds is 9. The molecule has 0 saturated heterocycles. The van der Waals surface area contributed by atoms with Crippen LogP contribution in [0.4, 0.5) is 10.7 Å². The minimum atomic E-state index is -0.561. The first-order valence-corrected chi connectivity index (χ1v) is 13.2. The largest absolute Gasteiger partial charge is 0.462 e. The zero-order valence-electron chi connectivity index (χ0n) is 19.7. The van der Waals surface area contributed by atoms with Crippen molar-refractivity contribution >= 4 is 63.2 Å². The Balaban J connectivity index is 1.48. The van der Waals surface area contributed by atoms with Crippen molar-refractivity contribution in [3.8, 4) is 11.5 Å². The molecule has 2 aromatic heterocycles. The molecule has 0 aliphatic heterocycles. The zero-order chi connectivity index (χ0) is 26.4. The van der Waals surface area contributed by atoms with Crippen molar-refractivity contribution in [3.63, 3.8) is 0 Å². The van der Waals surface area contributed by atoms with Crippen LogP contribution in [0.3, 0.4) is 0 Å². The van der Waals surface area contributed by atoms with Crippen molar-refractivity contribution in [2.45, 2.75) is 19.1 Å². The highest BCUT2D eigenvalue weighted by molar-refractivity contribution is 7.99. The number of nitrogens with zero attached hydrogens (tertiary/aromatic N) is 2. The van der Waals surface area contributed by atoms with Gasteiger partial charge in [-0.1, -0.05) is 41.6 Å². The smallest absolute Gasteiger partial charge is 0.348 e. The number of hydrogen-bond donors (Lipinski definition) is 2. The van der Waals surface area contributed by atoms with Crippen LogP contribution in [0.2, 0.25) is 5.02 Å². The number of hydrogen-bond acceptors (Lipinski definition) is 9. The van der Waals surface area contributed by atoms with Crippen LogP contribution in [0.5, 0.6) is 0 Å². The van der Waals surface area contributed by atoms with Crippen LogP contribution in [-0.4, -0.2) is 40.3 Å². The molecule has 0 atom stereocenters. The molecule has 0 radical (unpaired) electrons. The van der Waals surface area contributed by atoms with Gasteiger partial charge >= 0.3 is 5.97 Å². The second kappa shape index (κ2) is 12.0. The van der Waals surface area contributed by atoms with Crippen molar-refractivity contribution in [1.82, 2.24) is 10.2 Å². The Morgan fingerprint density at radius 3 is 2.49 bits per heavy atom. The molecule has 4 aromatic rings. The molecule has 9 nitrogen and oxygen atoms in total. The summed E-state index contributed by atoms with van der Waals surface area (Å²) in [4.78, 5) is 38.6.